The van der Waals surface area contributed by atoms with Crippen molar-refractivity contribution in [2.75, 3.05) is 21.2 Å². The van der Waals surface area contributed by atoms with Crippen LogP contribution in [-0.4, -0.2) is 149 Å². The molecular weight excluding hydrogens is 883 g/mol. The fraction of sp³-hybridized carbons (Fsp3) is 0.686. The number of rotatable bonds is 9. The third-order valence-electron chi connectivity index (χ3n) is 14.0. The van der Waals surface area contributed by atoms with Gasteiger partial charge in [-0.1, -0.05) is 71.0 Å². The number of nitrogens with zero attached hydrogens (tertiary/aromatic N) is 1. The monoisotopic (exact) mass is 960 g/mol. The van der Waals surface area contributed by atoms with Gasteiger partial charge in [0.15, 0.2) is 12.6 Å². The molecule has 3 heterocycles. The summed E-state index contributed by atoms with van der Waals surface area (Å²) in [5, 5.41) is 46.0. The first-order valence-electron chi connectivity index (χ1n) is 23.7. The number of esters is 1. The fourth-order valence-electron chi connectivity index (χ4n) is 9.68. The zero-order valence-electron chi connectivity index (χ0n) is 42.0. The first kappa shape index (κ1) is 56.7. The summed E-state index contributed by atoms with van der Waals surface area (Å²) >= 11 is 0. The molecule has 3 aliphatic heterocycles. The van der Waals surface area contributed by atoms with Crippen LogP contribution in [0.1, 0.15) is 116 Å². The standard InChI is InChI=1S/C37H67NO12.C14H10O4/c1-14-26-20(4)29(40)21(5)28(39)18(2)16-36(9,44)33(50-35-30(41)25(38(11)12)15-19(3)46-35)22(6)31(23(7)34(43)48-26)49-27-17-37(10,45-13)32(42)24(8)47-27;15-13(11-7-3-1-4-8-11)17-18-14(16)12-9-5-2-6-10-12/h18-27,29-33,35,40-42,44H,14-17H2,1-13H3;1-10H/t18-,19-,20+,21+,22+,23-,24+,25+,26-,27+,29+,30-,31+,32+,33-,35+,36-,37-;/m1./s1. The van der Waals surface area contributed by atoms with Gasteiger partial charge in [0.1, 0.15) is 24.1 Å². The molecule has 2 aromatic rings. The Hall–Kier alpha value is -3.88. The van der Waals surface area contributed by atoms with Crippen molar-refractivity contribution in [3.05, 3.63) is 71.8 Å². The van der Waals surface area contributed by atoms with E-state index in [-0.39, 0.29) is 30.8 Å². The van der Waals surface area contributed by atoms with E-state index in [0.717, 1.165) is 0 Å². The Bertz CT molecular complexity index is 1870. The number of benzene rings is 2. The lowest BCUT2D eigenvalue weighted by Gasteiger charge is -2.49. The molecule has 3 fully saturated rings. The van der Waals surface area contributed by atoms with Gasteiger partial charge in [-0.3, -0.25) is 9.59 Å². The first-order chi connectivity index (χ1) is 31.9. The highest BCUT2D eigenvalue weighted by Crippen LogP contribution is 2.40. The van der Waals surface area contributed by atoms with Crippen LogP contribution in [0.5, 0.6) is 0 Å². The number of hydrogen-bond donors (Lipinski definition) is 4. The molecule has 2 aromatic carbocycles. The molecule has 382 valence electrons. The predicted octanol–water partition coefficient (Wildman–Crippen LogP) is 5.29. The zero-order chi connectivity index (χ0) is 50.8. The van der Waals surface area contributed by atoms with Crippen LogP contribution in [0, 0.1) is 29.6 Å². The Morgan fingerprint density at radius 2 is 1.31 bits per heavy atom. The van der Waals surface area contributed by atoms with Gasteiger partial charge in [0, 0.05) is 43.2 Å². The molecule has 3 aliphatic rings. The molecule has 4 N–H and O–H groups in total. The number of aliphatic hydroxyl groups is 4. The van der Waals surface area contributed by atoms with Crippen LogP contribution in [-0.2, 0) is 47.8 Å². The van der Waals surface area contributed by atoms with E-state index in [2.05, 4.69) is 9.78 Å². The Labute approximate surface area is 401 Å². The lowest BCUT2D eigenvalue weighted by Crippen LogP contribution is -2.60. The highest BCUT2D eigenvalue weighted by molar-refractivity contribution is 5.92. The van der Waals surface area contributed by atoms with Gasteiger partial charge in [0.05, 0.1) is 58.8 Å². The van der Waals surface area contributed by atoms with Crippen LogP contribution in [0.25, 0.3) is 0 Å². The van der Waals surface area contributed by atoms with Crippen LogP contribution in [0.4, 0.5) is 0 Å². The molecule has 0 aromatic heterocycles. The maximum atomic E-state index is 14.0. The van der Waals surface area contributed by atoms with E-state index < -0.39 is 114 Å². The molecule has 0 unspecified atom stereocenters. The molecule has 0 saturated carbocycles. The fourth-order valence-corrected chi connectivity index (χ4v) is 9.68. The number of carbonyl (C=O) groups is 4. The molecular formula is C51H77NO16. The number of likely N-dealkylation sites (N-methyl/N-ethyl adjacent to an activating group) is 1. The van der Waals surface area contributed by atoms with E-state index in [4.69, 9.17) is 28.4 Å². The largest absolute Gasteiger partial charge is 0.462 e. The Balaban J connectivity index is 0.000000464. The molecule has 68 heavy (non-hydrogen) atoms. The van der Waals surface area contributed by atoms with E-state index in [0.29, 0.717) is 24.0 Å². The Kier molecular flexibility index (Phi) is 20.7. The lowest BCUT2D eigenvalue weighted by molar-refractivity contribution is -0.317. The number of ether oxygens (including phenoxy) is 6. The molecule has 0 aliphatic carbocycles. The quantitative estimate of drug-likeness (QED) is 0.142. The second kappa shape index (κ2) is 24.8. The topological polar surface area (TPSA) is 226 Å². The number of ketones is 1. The summed E-state index contributed by atoms with van der Waals surface area (Å²) < 4.78 is 37.3. The molecule has 0 spiro atoms. The zero-order valence-corrected chi connectivity index (χ0v) is 42.0. The van der Waals surface area contributed by atoms with E-state index in [1.165, 1.54) is 7.11 Å². The molecule has 17 heteroatoms. The van der Waals surface area contributed by atoms with Crippen molar-refractivity contribution < 1.29 is 77.8 Å². The van der Waals surface area contributed by atoms with Crippen molar-refractivity contribution in [1.82, 2.24) is 4.90 Å². The maximum absolute atomic E-state index is 14.0. The van der Waals surface area contributed by atoms with Crippen molar-refractivity contribution in [3.63, 3.8) is 0 Å². The average Bonchev–Trinajstić information content (AvgIpc) is 3.31. The summed E-state index contributed by atoms with van der Waals surface area (Å²) in [6.07, 6.45) is -7.91. The number of cyclic esters (lactones) is 1. The summed E-state index contributed by atoms with van der Waals surface area (Å²) in [7, 11) is 5.23. The number of hydrogen-bond acceptors (Lipinski definition) is 17. The molecule has 3 saturated heterocycles. The molecule has 5 rings (SSSR count). The number of methoxy groups -OCH3 is 1. The minimum atomic E-state index is -1.72. The van der Waals surface area contributed by atoms with Gasteiger partial charge in [-0.15, -0.1) is 0 Å². The normalized spacial score (nSPS) is 38.6. The molecule has 18 atom stereocenters. The van der Waals surface area contributed by atoms with E-state index >= 15 is 0 Å². The first-order valence-corrected chi connectivity index (χ1v) is 23.7. The van der Waals surface area contributed by atoms with Crippen LogP contribution < -0.4 is 0 Å². The van der Waals surface area contributed by atoms with Crippen molar-refractivity contribution in [2.45, 2.75) is 174 Å². The molecule has 17 nitrogen and oxygen atoms in total. The summed E-state index contributed by atoms with van der Waals surface area (Å²) in [6.45, 7) is 17.4. The minimum Gasteiger partial charge on any atom is -0.462 e. The van der Waals surface area contributed by atoms with Crippen molar-refractivity contribution in [2.24, 2.45) is 29.6 Å². The molecule has 0 amide bonds. The molecule has 0 bridgehead atoms. The average molecular weight is 960 g/mol. The van der Waals surface area contributed by atoms with E-state index in [1.54, 1.807) is 116 Å². The van der Waals surface area contributed by atoms with Gasteiger partial charge >= 0.3 is 17.9 Å². The van der Waals surface area contributed by atoms with Crippen LogP contribution in [0.2, 0.25) is 0 Å². The predicted molar refractivity (Wildman–Crippen MR) is 249 cm³/mol. The third kappa shape index (κ3) is 14.1. The van der Waals surface area contributed by atoms with Gasteiger partial charge in [0.25, 0.3) is 0 Å². The van der Waals surface area contributed by atoms with Gasteiger partial charge in [0.2, 0.25) is 0 Å². The number of Topliss-reactive ketones (excluding diaryl/α,β-unsaturated/α-hetero) is 1. The van der Waals surface area contributed by atoms with E-state index in [9.17, 15) is 39.6 Å². The smallest absolute Gasteiger partial charge is 0.386 e. The highest BCUT2D eigenvalue weighted by Gasteiger charge is 2.52. The van der Waals surface area contributed by atoms with Crippen molar-refractivity contribution in [1.29, 1.82) is 0 Å². The second-order valence-corrected chi connectivity index (χ2v) is 19.7. The van der Waals surface area contributed by atoms with Crippen molar-refractivity contribution >= 4 is 23.7 Å². The van der Waals surface area contributed by atoms with Gasteiger partial charge in [-0.05, 0) is 92.2 Å². The van der Waals surface area contributed by atoms with Gasteiger partial charge < -0.3 is 53.7 Å². The number of aliphatic hydroxyl groups excluding tert-OH is 3. The van der Waals surface area contributed by atoms with Crippen molar-refractivity contribution in [3.8, 4) is 0 Å². The SMILES string of the molecule is CC[C@H]1OC(=O)[C@H](C)[C@@H](O[C@H]2C[C@@](C)(OC)[C@@H](O)[C@H](C)O2)[C@H](C)[C@@H](O[C@@H]2O[C@H](C)C[C@H](N(C)C)[C@H]2O)[C@](C)(O)C[C@@H](C)C(=O)[C@H](C)[C@@H](O)[C@H]1C.O=C(OOC(=O)c1ccccc1)c1ccccc1. The third-order valence-corrected chi connectivity index (χ3v) is 14.0. The lowest BCUT2D eigenvalue weighted by atomic mass is 9.74. The molecule has 0 radical (unpaired) electrons. The maximum Gasteiger partial charge on any atom is 0.386 e. The summed E-state index contributed by atoms with van der Waals surface area (Å²) in [5.41, 5.74) is -2.10. The van der Waals surface area contributed by atoms with Gasteiger partial charge in [-0.25, -0.2) is 19.4 Å². The Morgan fingerprint density at radius 3 is 1.81 bits per heavy atom. The summed E-state index contributed by atoms with van der Waals surface area (Å²) in [6, 6.07) is 16.3. The number of carbonyl (C=O) groups excluding carboxylic acids is 4. The van der Waals surface area contributed by atoms with Crippen LogP contribution in [0.15, 0.2) is 60.7 Å². The minimum absolute atomic E-state index is 0.0462. The Morgan fingerprint density at radius 1 is 0.765 bits per heavy atom. The van der Waals surface area contributed by atoms with Crippen LogP contribution in [0.3, 0.4) is 0 Å². The van der Waals surface area contributed by atoms with E-state index in [1.807, 2.05) is 32.8 Å². The van der Waals surface area contributed by atoms with Crippen LogP contribution >= 0.6 is 0 Å². The van der Waals surface area contributed by atoms with Gasteiger partial charge in [-0.2, -0.15) is 0 Å². The highest BCUT2D eigenvalue weighted by atomic mass is 17.2. The summed E-state index contributed by atoms with van der Waals surface area (Å²) in [5.74, 6) is -6.01. The summed E-state index contributed by atoms with van der Waals surface area (Å²) in [4.78, 5) is 61.6. The second-order valence-electron chi connectivity index (χ2n) is 19.7.